The summed E-state index contributed by atoms with van der Waals surface area (Å²) in [6.45, 7) is 6.11. The average molecular weight is 340 g/mol. The van der Waals surface area contributed by atoms with E-state index in [9.17, 15) is 13.2 Å². The Morgan fingerprint density at radius 1 is 1.26 bits per heavy atom. The van der Waals surface area contributed by atoms with E-state index in [1.54, 1.807) is 6.07 Å². The van der Waals surface area contributed by atoms with E-state index in [0.29, 0.717) is 17.4 Å². The van der Waals surface area contributed by atoms with Gasteiger partial charge in [-0.2, -0.15) is 0 Å². The van der Waals surface area contributed by atoms with Crippen molar-refractivity contribution < 1.29 is 17.9 Å². The molecule has 128 valence electrons. The molecule has 6 nitrogen and oxygen atoms in total. The van der Waals surface area contributed by atoms with Crippen LogP contribution in [0.3, 0.4) is 0 Å². The smallest absolute Gasteiger partial charge is 0.262 e. The van der Waals surface area contributed by atoms with Crippen molar-refractivity contribution in [3.05, 3.63) is 18.2 Å². The van der Waals surface area contributed by atoms with E-state index >= 15 is 0 Å². The van der Waals surface area contributed by atoms with Gasteiger partial charge in [0.05, 0.1) is 10.6 Å². The highest BCUT2D eigenvalue weighted by molar-refractivity contribution is 7.89. The molecule has 0 saturated heterocycles. The summed E-state index contributed by atoms with van der Waals surface area (Å²) < 4.78 is 32.8. The van der Waals surface area contributed by atoms with E-state index in [4.69, 9.17) is 4.74 Å². The number of rotatable bonds is 7. The summed E-state index contributed by atoms with van der Waals surface area (Å²) in [6, 6.07) is 4.34. The van der Waals surface area contributed by atoms with Gasteiger partial charge < -0.3 is 10.1 Å². The summed E-state index contributed by atoms with van der Waals surface area (Å²) in [5, 5.41) is 2.62. The normalized spacial score (nSPS) is 15.7. The number of anilines is 1. The first kappa shape index (κ1) is 17.7. The lowest BCUT2D eigenvalue weighted by Crippen LogP contribution is -2.33. The molecule has 0 saturated carbocycles. The van der Waals surface area contributed by atoms with Gasteiger partial charge in [-0.25, -0.2) is 13.1 Å². The van der Waals surface area contributed by atoms with Crippen LogP contribution in [0, 0.1) is 5.92 Å². The Hall–Kier alpha value is -1.60. The summed E-state index contributed by atoms with van der Waals surface area (Å²) in [6.07, 6.45) is 2.85. The summed E-state index contributed by atoms with van der Waals surface area (Å²) in [5.41, 5.74) is 0.386. The minimum atomic E-state index is -3.62. The third kappa shape index (κ3) is 4.94. The van der Waals surface area contributed by atoms with E-state index in [1.807, 2.05) is 6.92 Å². The van der Waals surface area contributed by atoms with Crippen LogP contribution in [0.4, 0.5) is 5.69 Å². The number of hydrogen-bond donors (Lipinski definition) is 2. The topological polar surface area (TPSA) is 84.5 Å². The molecular formula is C16H24N2O4S. The molecule has 0 fully saturated rings. The van der Waals surface area contributed by atoms with E-state index in [0.717, 1.165) is 19.3 Å². The highest BCUT2D eigenvalue weighted by Gasteiger charge is 2.22. The van der Waals surface area contributed by atoms with Crippen LogP contribution >= 0.6 is 0 Å². The Balaban J connectivity index is 2.04. The molecular weight excluding hydrogens is 316 g/mol. The Bertz CT molecular complexity index is 671. The van der Waals surface area contributed by atoms with Crippen molar-refractivity contribution in [1.82, 2.24) is 4.72 Å². The van der Waals surface area contributed by atoms with E-state index < -0.39 is 10.0 Å². The molecule has 23 heavy (non-hydrogen) atoms. The van der Waals surface area contributed by atoms with Crippen LogP contribution in [0.2, 0.25) is 0 Å². The van der Waals surface area contributed by atoms with Crippen molar-refractivity contribution in [2.45, 2.75) is 51.0 Å². The Morgan fingerprint density at radius 2 is 2.00 bits per heavy atom. The van der Waals surface area contributed by atoms with E-state index in [2.05, 4.69) is 23.9 Å². The number of carbonyl (C=O) groups excluding carboxylic acids is 1. The SMILES string of the molecule is CC(C)CCCC(C)NS(=O)(=O)c1ccc2c(c1)NC(=O)CO2. The molecule has 1 atom stereocenters. The van der Waals surface area contributed by atoms with Crippen LogP contribution < -0.4 is 14.8 Å². The number of nitrogens with one attached hydrogen (secondary N) is 2. The summed E-state index contributed by atoms with van der Waals surface area (Å²) in [4.78, 5) is 11.5. The number of carbonyl (C=O) groups is 1. The van der Waals surface area contributed by atoms with Crippen molar-refractivity contribution in [1.29, 1.82) is 0 Å². The zero-order valence-electron chi connectivity index (χ0n) is 13.8. The van der Waals surface area contributed by atoms with Crippen molar-refractivity contribution in [3.63, 3.8) is 0 Å². The van der Waals surface area contributed by atoms with Crippen LogP contribution in [0.15, 0.2) is 23.1 Å². The Labute approximate surface area is 137 Å². The number of benzene rings is 1. The number of amides is 1. The van der Waals surface area contributed by atoms with Crippen molar-refractivity contribution >= 4 is 21.6 Å². The first-order valence-electron chi connectivity index (χ1n) is 7.87. The van der Waals surface area contributed by atoms with Crippen LogP contribution in [-0.2, 0) is 14.8 Å². The molecule has 1 aliphatic heterocycles. The maximum absolute atomic E-state index is 12.4. The molecule has 1 aromatic rings. The Morgan fingerprint density at radius 3 is 2.70 bits per heavy atom. The van der Waals surface area contributed by atoms with Crippen LogP contribution in [0.5, 0.6) is 5.75 Å². The summed E-state index contributed by atoms with van der Waals surface area (Å²) >= 11 is 0. The van der Waals surface area contributed by atoms with Gasteiger partial charge in [0.25, 0.3) is 5.91 Å². The molecule has 0 radical (unpaired) electrons. The van der Waals surface area contributed by atoms with Gasteiger partial charge in [0.1, 0.15) is 5.75 Å². The number of fused-ring (bicyclic) bond motifs is 1. The van der Waals surface area contributed by atoms with E-state index in [1.165, 1.54) is 12.1 Å². The summed E-state index contributed by atoms with van der Waals surface area (Å²) in [7, 11) is -3.62. The molecule has 1 heterocycles. The predicted octanol–water partition coefficient (Wildman–Crippen LogP) is 2.51. The number of hydrogen-bond acceptors (Lipinski definition) is 4. The third-order valence-electron chi connectivity index (χ3n) is 3.67. The highest BCUT2D eigenvalue weighted by atomic mass is 32.2. The maximum Gasteiger partial charge on any atom is 0.262 e. The average Bonchev–Trinajstić information content (AvgIpc) is 2.45. The van der Waals surface area contributed by atoms with E-state index in [-0.39, 0.29) is 23.5 Å². The van der Waals surface area contributed by atoms with Gasteiger partial charge in [-0.1, -0.05) is 26.7 Å². The second-order valence-corrected chi connectivity index (χ2v) is 8.06. The fourth-order valence-corrected chi connectivity index (χ4v) is 3.76. The lowest BCUT2D eigenvalue weighted by molar-refractivity contribution is -0.118. The van der Waals surface area contributed by atoms with Crippen LogP contribution in [-0.4, -0.2) is 27.0 Å². The third-order valence-corrected chi connectivity index (χ3v) is 5.26. The standard InChI is InChI=1S/C16H24N2O4S/c1-11(2)5-4-6-12(3)18-23(20,21)13-7-8-15-14(9-13)17-16(19)10-22-15/h7-9,11-12,18H,4-6,10H2,1-3H3,(H,17,19). The molecule has 1 aliphatic rings. The maximum atomic E-state index is 12.4. The largest absolute Gasteiger partial charge is 0.482 e. The van der Waals surface area contributed by atoms with Gasteiger partial charge in [-0.3, -0.25) is 4.79 Å². The van der Waals surface area contributed by atoms with Gasteiger partial charge in [0.2, 0.25) is 10.0 Å². The van der Waals surface area contributed by atoms with Crippen LogP contribution in [0.25, 0.3) is 0 Å². The van der Waals surface area contributed by atoms with Gasteiger partial charge in [-0.05, 0) is 37.5 Å². The fourth-order valence-electron chi connectivity index (χ4n) is 2.45. The van der Waals surface area contributed by atoms with Crippen molar-refractivity contribution in [2.75, 3.05) is 11.9 Å². The quantitative estimate of drug-likeness (QED) is 0.799. The molecule has 1 aromatic carbocycles. The molecule has 0 aromatic heterocycles. The van der Waals surface area contributed by atoms with Crippen molar-refractivity contribution in [3.8, 4) is 5.75 Å². The molecule has 7 heteroatoms. The Kier molecular flexibility index (Phi) is 5.64. The van der Waals surface area contributed by atoms with Gasteiger partial charge in [-0.15, -0.1) is 0 Å². The first-order chi connectivity index (χ1) is 10.8. The second kappa shape index (κ2) is 7.31. The van der Waals surface area contributed by atoms with Crippen molar-refractivity contribution in [2.24, 2.45) is 5.92 Å². The monoisotopic (exact) mass is 340 g/mol. The number of ether oxygens (including phenoxy) is 1. The van der Waals surface area contributed by atoms with Crippen LogP contribution in [0.1, 0.15) is 40.0 Å². The summed E-state index contributed by atoms with van der Waals surface area (Å²) in [5.74, 6) is 0.804. The molecule has 2 N–H and O–H groups in total. The minimum Gasteiger partial charge on any atom is -0.482 e. The lowest BCUT2D eigenvalue weighted by atomic mass is 10.0. The molecule has 0 bridgehead atoms. The van der Waals surface area contributed by atoms with Gasteiger partial charge in [0, 0.05) is 6.04 Å². The molecule has 1 unspecified atom stereocenters. The molecule has 0 spiro atoms. The zero-order valence-corrected chi connectivity index (χ0v) is 14.6. The fraction of sp³-hybridized carbons (Fsp3) is 0.562. The second-order valence-electron chi connectivity index (χ2n) is 6.34. The predicted molar refractivity (Wildman–Crippen MR) is 89.0 cm³/mol. The molecule has 1 amide bonds. The first-order valence-corrected chi connectivity index (χ1v) is 9.35. The minimum absolute atomic E-state index is 0.0514. The lowest BCUT2D eigenvalue weighted by Gasteiger charge is -2.19. The van der Waals surface area contributed by atoms with Gasteiger partial charge in [0.15, 0.2) is 6.61 Å². The zero-order chi connectivity index (χ0) is 17.0. The molecule has 0 aliphatic carbocycles. The molecule has 2 rings (SSSR count). The highest BCUT2D eigenvalue weighted by Crippen LogP contribution is 2.30. The van der Waals surface area contributed by atoms with Gasteiger partial charge >= 0.3 is 0 Å². The number of sulfonamides is 1.